The number of aryl methyl sites for hydroxylation is 2. The summed E-state index contributed by atoms with van der Waals surface area (Å²) in [4.78, 5) is 31.4. The highest BCUT2D eigenvalue weighted by molar-refractivity contribution is 6.31. The van der Waals surface area contributed by atoms with Crippen LogP contribution in [-0.4, -0.2) is 19.9 Å². The van der Waals surface area contributed by atoms with Crippen molar-refractivity contribution in [1.82, 2.24) is 19.3 Å². The summed E-state index contributed by atoms with van der Waals surface area (Å²) in [6.45, 7) is 4.83. The quantitative estimate of drug-likeness (QED) is 0.224. The predicted octanol–water partition coefficient (Wildman–Crippen LogP) is 5.38. The van der Waals surface area contributed by atoms with Gasteiger partial charge in [-0.2, -0.15) is 0 Å². The lowest BCUT2D eigenvalue weighted by Gasteiger charge is -2.15. The van der Waals surface area contributed by atoms with E-state index in [1.165, 1.54) is 29.7 Å². The third-order valence-electron chi connectivity index (χ3n) is 6.51. The second-order valence-corrected chi connectivity index (χ2v) is 9.55. The Morgan fingerprint density at radius 1 is 1.06 bits per heavy atom. The van der Waals surface area contributed by atoms with Gasteiger partial charge in [-0.1, -0.05) is 74.9 Å². The third-order valence-corrected chi connectivity index (χ3v) is 6.88. The minimum Gasteiger partial charge on any atom is -0.348 e. The zero-order chi connectivity index (χ0) is 25.7. The van der Waals surface area contributed by atoms with Gasteiger partial charge in [-0.15, -0.1) is 0 Å². The van der Waals surface area contributed by atoms with Gasteiger partial charge in [0.15, 0.2) is 0 Å². The number of aromatic nitrogens is 3. The van der Waals surface area contributed by atoms with E-state index < -0.39 is 5.91 Å². The van der Waals surface area contributed by atoms with E-state index in [0.717, 1.165) is 30.4 Å². The van der Waals surface area contributed by atoms with E-state index in [1.807, 2.05) is 31.2 Å². The standard InChI is InChI=1S/C28H32ClN5O2/c1-3-4-5-6-7-10-15-33-24(30)21(27(35)31-18-20-13-8-9-14-23(20)29)17-22-26(33)32-25-19(2)12-11-16-34(25)28(22)36/h8-9,11-14,16-17,30H,3-7,10,15,18H2,1-2H3,(H,31,35). The molecule has 4 rings (SSSR count). The number of unbranched alkanes of at least 4 members (excludes halogenated alkanes) is 5. The lowest BCUT2D eigenvalue weighted by molar-refractivity contribution is 0.0948. The molecular formula is C28H32ClN5O2. The molecule has 0 fully saturated rings. The van der Waals surface area contributed by atoms with Crippen molar-refractivity contribution in [1.29, 1.82) is 5.41 Å². The van der Waals surface area contributed by atoms with Crippen LogP contribution in [0.3, 0.4) is 0 Å². The maximum absolute atomic E-state index is 13.4. The first-order valence-corrected chi connectivity index (χ1v) is 12.9. The van der Waals surface area contributed by atoms with Gasteiger partial charge in [0, 0.05) is 24.3 Å². The second kappa shape index (κ2) is 11.5. The van der Waals surface area contributed by atoms with E-state index >= 15 is 0 Å². The molecule has 1 amide bonds. The molecule has 7 nitrogen and oxygen atoms in total. The molecule has 0 saturated heterocycles. The minimum atomic E-state index is -0.424. The average Bonchev–Trinajstić information content (AvgIpc) is 2.87. The number of benzene rings is 1. The normalized spacial score (nSPS) is 11.3. The molecular weight excluding hydrogens is 474 g/mol. The van der Waals surface area contributed by atoms with Gasteiger partial charge in [0.2, 0.25) is 0 Å². The third kappa shape index (κ3) is 5.36. The Morgan fingerprint density at radius 3 is 2.58 bits per heavy atom. The Kier molecular flexibility index (Phi) is 8.21. The molecule has 2 N–H and O–H groups in total. The number of nitrogens with zero attached hydrogens (tertiary/aromatic N) is 3. The highest BCUT2D eigenvalue weighted by atomic mass is 35.5. The number of pyridine rings is 2. The summed E-state index contributed by atoms with van der Waals surface area (Å²) in [6.07, 6.45) is 8.24. The number of amides is 1. The number of fused-ring (bicyclic) bond motifs is 2. The van der Waals surface area contributed by atoms with Crippen molar-refractivity contribution in [3.05, 3.63) is 86.2 Å². The van der Waals surface area contributed by atoms with Crippen LogP contribution in [0.15, 0.2) is 53.5 Å². The van der Waals surface area contributed by atoms with Gasteiger partial charge in [0.05, 0.1) is 10.9 Å². The molecule has 0 spiro atoms. The highest BCUT2D eigenvalue weighted by Gasteiger charge is 2.18. The first-order chi connectivity index (χ1) is 17.4. The molecule has 36 heavy (non-hydrogen) atoms. The zero-order valence-electron chi connectivity index (χ0n) is 20.8. The molecule has 0 aliphatic heterocycles. The summed E-state index contributed by atoms with van der Waals surface area (Å²) in [6, 6.07) is 12.5. The van der Waals surface area contributed by atoms with E-state index in [-0.39, 0.29) is 23.2 Å². The largest absolute Gasteiger partial charge is 0.348 e. The van der Waals surface area contributed by atoms with Crippen molar-refractivity contribution in [2.75, 3.05) is 0 Å². The molecule has 3 heterocycles. The fourth-order valence-electron chi connectivity index (χ4n) is 4.45. The van der Waals surface area contributed by atoms with Crippen LogP contribution in [0.4, 0.5) is 0 Å². The van der Waals surface area contributed by atoms with Gasteiger partial charge in [-0.05, 0) is 42.7 Å². The number of carbonyl (C=O) groups excluding carboxylic acids is 1. The number of carbonyl (C=O) groups is 1. The lowest BCUT2D eigenvalue weighted by Crippen LogP contribution is -2.35. The molecule has 0 aliphatic carbocycles. The van der Waals surface area contributed by atoms with Crippen LogP contribution in [0.5, 0.6) is 0 Å². The van der Waals surface area contributed by atoms with Crippen LogP contribution in [0.1, 0.15) is 66.9 Å². The SMILES string of the molecule is CCCCCCCCn1c(=N)c(C(=O)NCc2ccccc2Cl)cc2c(=O)n3cccc(C)c3nc21. The van der Waals surface area contributed by atoms with Gasteiger partial charge in [0.25, 0.3) is 11.5 Å². The van der Waals surface area contributed by atoms with Crippen LogP contribution in [0, 0.1) is 12.3 Å². The molecule has 0 aliphatic rings. The van der Waals surface area contributed by atoms with Crippen molar-refractivity contribution in [3.8, 4) is 0 Å². The van der Waals surface area contributed by atoms with Crippen LogP contribution in [0.25, 0.3) is 16.7 Å². The molecule has 1 aromatic carbocycles. The van der Waals surface area contributed by atoms with Gasteiger partial charge < -0.3 is 9.88 Å². The molecule has 0 atom stereocenters. The van der Waals surface area contributed by atoms with E-state index in [4.69, 9.17) is 22.0 Å². The molecule has 0 radical (unpaired) electrons. The number of nitrogens with one attached hydrogen (secondary N) is 2. The zero-order valence-corrected chi connectivity index (χ0v) is 21.6. The Hall–Kier alpha value is -3.45. The lowest BCUT2D eigenvalue weighted by atomic mass is 10.1. The number of hydrogen-bond donors (Lipinski definition) is 2. The van der Waals surface area contributed by atoms with E-state index in [9.17, 15) is 9.59 Å². The van der Waals surface area contributed by atoms with E-state index in [1.54, 1.807) is 22.9 Å². The topological polar surface area (TPSA) is 92.2 Å². The molecule has 4 aromatic rings. The van der Waals surface area contributed by atoms with Crippen molar-refractivity contribution in [2.24, 2.45) is 0 Å². The van der Waals surface area contributed by atoms with Crippen LogP contribution < -0.4 is 16.4 Å². The van der Waals surface area contributed by atoms with Crippen molar-refractivity contribution in [2.45, 2.75) is 65.5 Å². The van der Waals surface area contributed by atoms with Crippen LogP contribution in [0.2, 0.25) is 5.02 Å². The van der Waals surface area contributed by atoms with Gasteiger partial charge in [0.1, 0.15) is 16.8 Å². The maximum Gasteiger partial charge on any atom is 0.267 e. The number of rotatable bonds is 10. The van der Waals surface area contributed by atoms with Gasteiger partial charge >= 0.3 is 0 Å². The monoisotopic (exact) mass is 505 g/mol. The highest BCUT2D eigenvalue weighted by Crippen LogP contribution is 2.16. The van der Waals surface area contributed by atoms with Gasteiger partial charge in [-0.3, -0.25) is 19.4 Å². The fourth-order valence-corrected chi connectivity index (χ4v) is 4.65. The Labute approximate surface area is 215 Å². The molecule has 0 unspecified atom stereocenters. The molecule has 0 saturated carbocycles. The van der Waals surface area contributed by atoms with Crippen molar-refractivity contribution in [3.63, 3.8) is 0 Å². The summed E-state index contributed by atoms with van der Waals surface area (Å²) >= 11 is 6.24. The van der Waals surface area contributed by atoms with E-state index in [2.05, 4.69) is 12.2 Å². The summed E-state index contributed by atoms with van der Waals surface area (Å²) < 4.78 is 3.22. The molecule has 3 aromatic heterocycles. The Morgan fingerprint density at radius 2 is 1.81 bits per heavy atom. The number of halogens is 1. The summed E-state index contributed by atoms with van der Waals surface area (Å²) in [5, 5.41) is 12.6. The van der Waals surface area contributed by atoms with Gasteiger partial charge in [-0.25, -0.2) is 4.98 Å². The van der Waals surface area contributed by atoms with Crippen LogP contribution >= 0.6 is 11.6 Å². The molecule has 8 heteroatoms. The smallest absolute Gasteiger partial charge is 0.267 e. The second-order valence-electron chi connectivity index (χ2n) is 9.14. The Balaban J connectivity index is 1.75. The minimum absolute atomic E-state index is 0.0533. The summed E-state index contributed by atoms with van der Waals surface area (Å²) in [5.74, 6) is -0.424. The van der Waals surface area contributed by atoms with Crippen LogP contribution in [-0.2, 0) is 13.1 Å². The van der Waals surface area contributed by atoms with Crippen molar-refractivity contribution >= 4 is 34.2 Å². The summed E-state index contributed by atoms with van der Waals surface area (Å²) in [5.41, 5.74) is 2.59. The van der Waals surface area contributed by atoms with Crippen molar-refractivity contribution < 1.29 is 4.79 Å². The first kappa shape index (κ1) is 25.6. The molecule has 0 bridgehead atoms. The Bertz CT molecular complexity index is 1520. The predicted molar refractivity (Wildman–Crippen MR) is 144 cm³/mol. The summed E-state index contributed by atoms with van der Waals surface area (Å²) in [7, 11) is 0. The number of hydrogen-bond acceptors (Lipinski definition) is 4. The molecule has 188 valence electrons. The fraction of sp³-hybridized carbons (Fsp3) is 0.357. The average molecular weight is 506 g/mol. The van der Waals surface area contributed by atoms with E-state index in [0.29, 0.717) is 28.2 Å². The maximum atomic E-state index is 13.4. The first-order valence-electron chi connectivity index (χ1n) is 12.5.